The summed E-state index contributed by atoms with van der Waals surface area (Å²) in [6.45, 7) is 6.16. The molecule has 0 amide bonds. The third kappa shape index (κ3) is 3.75. The SMILES string of the molecule is COc1cccc([C@@H]2CCCCN2Cc2coc(C(C)C)n2)c1. The lowest BCUT2D eigenvalue weighted by Crippen LogP contribution is -2.33. The monoisotopic (exact) mass is 314 g/mol. The molecule has 4 nitrogen and oxygen atoms in total. The lowest BCUT2D eigenvalue weighted by atomic mass is 9.95. The average molecular weight is 314 g/mol. The van der Waals surface area contributed by atoms with E-state index in [4.69, 9.17) is 9.15 Å². The number of oxazole rings is 1. The van der Waals surface area contributed by atoms with Crippen LogP contribution in [0.2, 0.25) is 0 Å². The van der Waals surface area contributed by atoms with Gasteiger partial charge in [0.15, 0.2) is 5.89 Å². The maximum atomic E-state index is 5.59. The second-order valence-electron chi connectivity index (χ2n) is 6.59. The summed E-state index contributed by atoms with van der Waals surface area (Å²) in [5.41, 5.74) is 2.36. The number of methoxy groups -OCH3 is 1. The third-order valence-corrected chi connectivity index (χ3v) is 4.52. The van der Waals surface area contributed by atoms with E-state index in [9.17, 15) is 0 Å². The van der Waals surface area contributed by atoms with Crippen LogP contribution in [0, 0.1) is 0 Å². The molecule has 0 radical (unpaired) electrons. The van der Waals surface area contributed by atoms with Crippen LogP contribution in [0.5, 0.6) is 5.75 Å². The second-order valence-corrected chi connectivity index (χ2v) is 6.59. The predicted octanol–water partition coefficient (Wildman–Crippen LogP) is 4.53. The molecule has 1 atom stereocenters. The number of aromatic nitrogens is 1. The van der Waals surface area contributed by atoms with Crippen LogP contribution in [-0.4, -0.2) is 23.5 Å². The molecule has 0 unspecified atom stereocenters. The summed E-state index contributed by atoms with van der Waals surface area (Å²) in [7, 11) is 1.72. The molecular weight excluding hydrogens is 288 g/mol. The molecule has 0 bridgehead atoms. The highest BCUT2D eigenvalue weighted by atomic mass is 16.5. The average Bonchev–Trinajstić information content (AvgIpc) is 3.04. The number of hydrogen-bond acceptors (Lipinski definition) is 4. The fourth-order valence-electron chi connectivity index (χ4n) is 3.28. The van der Waals surface area contributed by atoms with Crippen molar-refractivity contribution in [3.05, 3.63) is 47.7 Å². The van der Waals surface area contributed by atoms with Gasteiger partial charge in [0.1, 0.15) is 12.0 Å². The summed E-state index contributed by atoms with van der Waals surface area (Å²) in [6.07, 6.45) is 5.51. The van der Waals surface area contributed by atoms with Crippen LogP contribution in [0.25, 0.3) is 0 Å². The molecule has 1 aliphatic rings. The van der Waals surface area contributed by atoms with Gasteiger partial charge in [0.25, 0.3) is 0 Å². The standard InChI is InChI=1S/C19H26N2O2/c1-14(2)19-20-16(13-23-19)12-21-10-5-4-9-18(21)15-7-6-8-17(11-15)22-3/h6-8,11,13-14,18H,4-5,9-10,12H2,1-3H3/t18-/m0/s1. The zero-order valence-corrected chi connectivity index (χ0v) is 14.3. The van der Waals surface area contributed by atoms with Crippen molar-refractivity contribution >= 4 is 0 Å². The minimum absolute atomic E-state index is 0.333. The summed E-state index contributed by atoms with van der Waals surface area (Å²) in [6, 6.07) is 8.87. The quantitative estimate of drug-likeness (QED) is 0.812. The Balaban J connectivity index is 1.77. The summed E-state index contributed by atoms with van der Waals surface area (Å²) in [4.78, 5) is 7.15. The maximum absolute atomic E-state index is 5.59. The molecule has 1 fully saturated rings. The number of ether oxygens (including phenoxy) is 1. The lowest BCUT2D eigenvalue weighted by molar-refractivity contribution is 0.138. The van der Waals surface area contributed by atoms with Gasteiger partial charge in [-0.2, -0.15) is 0 Å². The first-order valence-corrected chi connectivity index (χ1v) is 8.49. The number of hydrogen-bond donors (Lipinski definition) is 0. The topological polar surface area (TPSA) is 38.5 Å². The fraction of sp³-hybridized carbons (Fsp3) is 0.526. The minimum atomic E-state index is 0.333. The summed E-state index contributed by atoms with van der Waals surface area (Å²) in [5.74, 6) is 2.09. The van der Waals surface area contributed by atoms with Gasteiger partial charge in [-0.25, -0.2) is 4.98 Å². The molecule has 0 aliphatic carbocycles. The van der Waals surface area contributed by atoms with Crippen molar-refractivity contribution in [1.82, 2.24) is 9.88 Å². The van der Waals surface area contributed by atoms with Crippen LogP contribution >= 0.6 is 0 Å². The molecule has 1 aromatic heterocycles. The number of rotatable bonds is 5. The maximum Gasteiger partial charge on any atom is 0.196 e. The van der Waals surface area contributed by atoms with Gasteiger partial charge in [-0.3, -0.25) is 4.90 Å². The van der Waals surface area contributed by atoms with Gasteiger partial charge in [-0.1, -0.05) is 32.4 Å². The number of piperidine rings is 1. The smallest absolute Gasteiger partial charge is 0.196 e. The van der Waals surface area contributed by atoms with Crippen molar-refractivity contribution in [2.75, 3.05) is 13.7 Å². The normalized spacial score (nSPS) is 19.2. The first-order valence-electron chi connectivity index (χ1n) is 8.49. The van der Waals surface area contributed by atoms with E-state index in [1.807, 2.05) is 12.3 Å². The van der Waals surface area contributed by atoms with E-state index in [1.165, 1.54) is 24.8 Å². The largest absolute Gasteiger partial charge is 0.497 e. The van der Waals surface area contributed by atoms with Crippen molar-refractivity contribution in [3.63, 3.8) is 0 Å². The highest BCUT2D eigenvalue weighted by Crippen LogP contribution is 2.33. The number of likely N-dealkylation sites (tertiary alicyclic amines) is 1. The zero-order valence-electron chi connectivity index (χ0n) is 14.3. The predicted molar refractivity (Wildman–Crippen MR) is 90.6 cm³/mol. The van der Waals surface area contributed by atoms with Crippen molar-refractivity contribution in [2.45, 2.75) is 51.6 Å². The Morgan fingerprint density at radius 3 is 2.96 bits per heavy atom. The van der Waals surface area contributed by atoms with Crippen LogP contribution in [0.15, 0.2) is 34.9 Å². The molecule has 0 saturated carbocycles. The van der Waals surface area contributed by atoms with Crippen molar-refractivity contribution in [1.29, 1.82) is 0 Å². The van der Waals surface area contributed by atoms with Crippen LogP contribution < -0.4 is 4.74 Å². The lowest BCUT2D eigenvalue weighted by Gasteiger charge is -2.35. The first kappa shape index (κ1) is 16.1. The van der Waals surface area contributed by atoms with E-state index in [2.05, 4.69) is 41.9 Å². The molecule has 124 valence electrons. The summed E-state index contributed by atoms with van der Waals surface area (Å²) in [5, 5.41) is 0. The van der Waals surface area contributed by atoms with E-state index >= 15 is 0 Å². The van der Waals surface area contributed by atoms with Crippen LogP contribution in [0.3, 0.4) is 0 Å². The van der Waals surface area contributed by atoms with Gasteiger partial charge in [-0.05, 0) is 37.1 Å². The van der Waals surface area contributed by atoms with Gasteiger partial charge in [0.05, 0.1) is 12.8 Å². The Hall–Kier alpha value is -1.81. The fourth-order valence-corrected chi connectivity index (χ4v) is 3.28. The Morgan fingerprint density at radius 2 is 2.22 bits per heavy atom. The van der Waals surface area contributed by atoms with Gasteiger partial charge in [0.2, 0.25) is 0 Å². The molecule has 0 N–H and O–H groups in total. The molecule has 1 aromatic carbocycles. The van der Waals surface area contributed by atoms with E-state index in [1.54, 1.807) is 7.11 Å². The minimum Gasteiger partial charge on any atom is -0.497 e. The van der Waals surface area contributed by atoms with E-state index < -0.39 is 0 Å². The Labute approximate surface area is 138 Å². The number of nitrogens with zero attached hydrogens (tertiary/aromatic N) is 2. The van der Waals surface area contributed by atoms with E-state index in [0.717, 1.165) is 30.4 Å². The molecule has 1 aliphatic heterocycles. The number of benzene rings is 1. The highest BCUT2D eigenvalue weighted by Gasteiger charge is 2.25. The van der Waals surface area contributed by atoms with Crippen molar-refractivity contribution in [2.24, 2.45) is 0 Å². The third-order valence-electron chi connectivity index (χ3n) is 4.52. The zero-order chi connectivity index (χ0) is 16.2. The molecule has 4 heteroatoms. The van der Waals surface area contributed by atoms with Crippen LogP contribution in [0.1, 0.15) is 62.2 Å². The second kappa shape index (κ2) is 7.18. The highest BCUT2D eigenvalue weighted by molar-refractivity contribution is 5.30. The molecule has 2 heterocycles. The Morgan fingerprint density at radius 1 is 1.35 bits per heavy atom. The van der Waals surface area contributed by atoms with Gasteiger partial charge >= 0.3 is 0 Å². The first-order chi connectivity index (χ1) is 11.2. The van der Waals surface area contributed by atoms with Gasteiger partial charge < -0.3 is 9.15 Å². The molecule has 23 heavy (non-hydrogen) atoms. The van der Waals surface area contributed by atoms with E-state index in [-0.39, 0.29) is 0 Å². The summed E-state index contributed by atoms with van der Waals surface area (Å²) < 4.78 is 11.0. The van der Waals surface area contributed by atoms with Crippen LogP contribution in [-0.2, 0) is 6.54 Å². The Kier molecular flexibility index (Phi) is 5.01. The Bertz CT molecular complexity index is 636. The van der Waals surface area contributed by atoms with E-state index in [0.29, 0.717) is 12.0 Å². The molecule has 2 aromatic rings. The van der Waals surface area contributed by atoms with Crippen molar-refractivity contribution in [3.8, 4) is 5.75 Å². The van der Waals surface area contributed by atoms with Gasteiger partial charge in [0, 0.05) is 18.5 Å². The molecule has 0 spiro atoms. The summed E-state index contributed by atoms with van der Waals surface area (Å²) >= 11 is 0. The molecule has 1 saturated heterocycles. The van der Waals surface area contributed by atoms with Crippen LogP contribution in [0.4, 0.5) is 0 Å². The van der Waals surface area contributed by atoms with Gasteiger partial charge in [-0.15, -0.1) is 0 Å². The molecule has 3 rings (SSSR count). The van der Waals surface area contributed by atoms with Crippen molar-refractivity contribution < 1.29 is 9.15 Å². The molecular formula is C19H26N2O2.